The fraction of sp³-hybridized carbons (Fsp3) is 0.100. The first-order valence-corrected chi connectivity index (χ1v) is 7.57. The molecule has 0 amide bonds. The van der Waals surface area contributed by atoms with Gasteiger partial charge in [0, 0.05) is 22.9 Å². The van der Waals surface area contributed by atoms with E-state index in [0.29, 0.717) is 11.3 Å². The molecule has 2 heterocycles. The molecule has 0 spiro atoms. The Bertz CT molecular complexity index is 1150. The molecule has 0 atom stereocenters. The molecule has 0 radical (unpaired) electrons. The van der Waals surface area contributed by atoms with E-state index >= 15 is 0 Å². The summed E-state index contributed by atoms with van der Waals surface area (Å²) in [6, 6.07) is 12.3. The van der Waals surface area contributed by atoms with Crippen LogP contribution in [0.25, 0.3) is 38.0 Å². The van der Waals surface area contributed by atoms with E-state index in [9.17, 15) is 4.39 Å². The number of fused-ring (bicyclic) bond motifs is 3. The lowest BCUT2D eigenvalue weighted by molar-refractivity contribution is -0.660. The van der Waals surface area contributed by atoms with Gasteiger partial charge in [-0.2, -0.15) is 0 Å². The van der Waals surface area contributed by atoms with E-state index in [-0.39, 0.29) is 5.82 Å². The highest BCUT2D eigenvalue weighted by molar-refractivity contribution is 6.10. The summed E-state index contributed by atoms with van der Waals surface area (Å²) >= 11 is 0. The smallest absolute Gasteiger partial charge is 0.219 e. The zero-order chi connectivity index (χ0) is 16.8. The van der Waals surface area contributed by atoms with Crippen LogP contribution in [0.4, 0.5) is 10.1 Å². The topological polar surface area (TPSA) is 21.4 Å². The summed E-state index contributed by atoms with van der Waals surface area (Å²) in [6.07, 6.45) is 1.70. The third-order valence-electron chi connectivity index (χ3n) is 4.33. The number of nitrogens with zero attached hydrogens (tertiary/aromatic N) is 2. The summed E-state index contributed by atoms with van der Waals surface area (Å²) in [5.74, 6) is -0.286. The molecular formula is C20H14FN2O+. The molecule has 0 aliphatic carbocycles. The molecule has 0 N–H and O–H groups in total. The molecular weight excluding hydrogens is 303 g/mol. The summed E-state index contributed by atoms with van der Waals surface area (Å²) in [5.41, 5.74) is 4.64. The Morgan fingerprint density at radius 3 is 2.71 bits per heavy atom. The number of furan rings is 1. The Kier molecular flexibility index (Phi) is 3.10. The predicted molar refractivity (Wildman–Crippen MR) is 91.3 cm³/mol. The van der Waals surface area contributed by atoms with Gasteiger partial charge in [0.15, 0.2) is 11.9 Å². The third kappa shape index (κ3) is 2.06. The first-order valence-electron chi connectivity index (χ1n) is 7.57. The number of hydrogen-bond acceptors (Lipinski definition) is 1. The van der Waals surface area contributed by atoms with Crippen LogP contribution in [0.15, 0.2) is 53.1 Å². The van der Waals surface area contributed by atoms with Crippen molar-refractivity contribution in [2.75, 3.05) is 0 Å². The van der Waals surface area contributed by atoms with Gasteiger partial charge in [0.05, 0.1) is 12.1 Å². The number of benzene rings is 2. The van der Waals surface area contributed by atoms with Gasteiger partial charge in [0.25, 0.3) is 0 Å². The fourth-order valence-electron chi connectivity index (χ4n) is 3.11. The number of aromatic nitrogens is 1. The molecule has 2 aromatic heterocycles. The summed E-state index contributed by atoms with van der Waals surface area (Å²) in [5, 5.41) is 1.83. The highest BCUT2D eigenvalue weighted by Crippen LogP contribution is 2.38. The van der Waals surface area contributed by atoms with Crippen LogP contribution in [0.1, 0.15) is 5.56 Å². The van der Waals surface area contributed by atoms with E-state index in [2.05, 4.69) is 4.85 Å². The first-order chi connectivity index (χ1) is 11.6. The van der Waals surface area contributed by atoms with Gasteiger partial charge in [-0.25, -0.2) is 13.8 Å². The Hall–Kier alpha value is -3.19. The van der Waals surface area contributed by atoms with Crippen LogP contribution in [0.5, 0.6) is 0 Å². The first kappa shape index (κ1) is 14.4. The zero-order valence-corrected chi connectivity index (χ0v) is 13.3. The van der Waals surface area contributed by atoms with Crippen molar-refractivity contribution in [3.05, 3.63) is 71.5 Å². The summed E-state index contributed by atoms with van der Waals surface area (Å²) in [7, 11) is 1.88. The van der Waals surface area contributed by atoms with E-state index in [1.165, 1.54) is 12.1 Å². The minimum Gasteiger partial charge on any atom is -0.455 e. The molecule has 0 bridgehead atoms. The Morgan fingerprint density at radius 1 is 1.08 bits per heavy atom. The number of hydrogen-bond donors (Lipinski definition) is 0. The molecule has 0 aliphatic rings. The largest absolute Gasteiger partial charge is 0.455 e. The standard InChI is InChI=1S/C20H14FN2O/c1-12-4-6-15-16-11-14(22-2)5-7-18(16)24-20(15)19(12)17-10-13(21)8-9-23(17)3/h4-11H,1,3H3/q+1. The molecule has 0 fully saturated rings. The normalized spacial score (nSPS) is 11.1. The minimum atomic E-state index is -0.286. The van der Waals surface area contributed by atoms with E-state index in [1.807, 2.05) is 42.8 Å². The van der Waals surface area contributed by atoms with Crippen LogP contribution in [-0.4, -0.2) is 0 Å². The van der Waals surface area contributed by atoms with E-state index in [4.69, 9.17) is 11.0 Å². The molecule has 0 saturated heterocycles. The quantitative estimate of drug-likeness (QED) is 0.354. The summed E-state index contributed by atoms with van der Waals surface area (Å²) < 4.78 is 21.7. The molecule has 0 saturated carbocycles. The highest BCUT2D eigenvalue weighted by Gasteiger charge is 2.21. The van der Waals surface area contributed by atoms with Gasteiger partial charge >= 0.3 is 0 Å². The average molecular weight is 317 g/mol. The minimum absolute atomic E-state index is 0.286. The SMILES string of the molecule is [C-]#[N+]c1ccc2oc3c(-c4cc(F)cc[n+]4C)c(C)ccc3c2c1. The van der Waals surface area contributed by atoms with Gasteiger partial charge in [0.1, 0.15) is 24.0 Å². The van der Waals surface area contributed by atoms with Crippen LogP contribution >= 0.6 is 0 Å². The molecule has 0 unspecified atom stereocenters. The van der Waals surface area contributed by atoms with Crippen LogP contribution in [0.2, 0.25) is 0 Å². The van der Waals surface area contributed by atoms with Gasteiger partial charge in [0.2, 0.25) is 5.69 Å². The average Bonchev–Trinajstić information content (AvgIpc) is 2.94. The molecule has 116 valence electrons. The van der Waals surface area contributed by atoms with E-state index in [1.54, 1.807) is 12.3 Å². The van der Waals surface area contributed by atoms with Gasteiger partial charge in [-0.05, 0) is 24.6 Å². The van der Waals surface area contributed by atoms with Crippen molar-refractivity contribution in [2.45, 2.75) is 6.92 Å². The number of halogens is 1. The number of rotatable bonds is 1. The highest BCUT2D eigenvalue weighted by atomic mass is 19.1. The lowest BCUT2D eigenvalue weighted by atomic mass is 10.0. The predicted octanol–water partition coefficient (Wildman–Crippen LogP) is 5.08. The summed E-state index contributed by atoms with van der Waals surface area (Å²) in [4.78, 5) is 3.49. The van der Waals surface area contributed by atoms with Gasteiger partial charge < -0.3 is 4.42 Å². The van der Waals surface area contributed by atoms with Crippen LogP contribution < -0.4 is 4.57 Å². The molecule has 4 rings (SSSR count). The second-order valence-electron chi connectivity index (χ2n) is 5.87. The van der Waals surface area contributed by atoms with Crippen molar-refractivity contribution in [2.24, 2.45) is 7.05 Å². The maximum Gasteiger partial charge on any atom is 0.219 e. The third-order valence-corrected chi connectivity index (χ3v) is 4.33. The molecule has 0 aliphatic heterocycles. The number of pyridine rings is 1. The molecule has 3 nitrogen and oxygen atoms in total. The van der Waals surface area contributed by atoms with Crippen molar-refractivity contribution in [1.29, 1.82) is 0 Å². The zero-order valence-electron chi connectivity index (χ0n) is 13.3. The second kappa shape index (κ2) is 5.17. The molecule has 2 aromatic carbocycles. The molecule has 24 heavy (non-hydrogen) atoms. The van der Waals surface area contributed by atoms with Crippen molar-refractivity contribution in [3.8, 4) is 11.3 Å². The van der Waals surface area contributed by atoms with Gasteiger partial charge in [-0.15, -0.1) is 0 Å². The lowest BCUT2D eigenvalue weighted by Crippen LogP contribution is -2.30. The van der Waals surface area contributed by atoms with E-state index in [0.717, 1.165) is 33.2 Å². The van der Waals surface area contributed by atoms with Crippen molar-refractivity contribution < 1.29 is 13.4 Å². The second-order valence-corrected chi connectivity index (χ2v) is 5.87. The molecule has 4 aromatic rings. The maximum atomic E-state index is 13.8. The summed E-state index contributed by atoms with van der Waals surface area (Å²) in [6.45, 7) is 9.18. The fourth-order valence-corrected chi connectivity index (χ4v) is 3.11. The molecule has 4 heteroatoms. The van der Waals surface area contributed by atoms with Crippen LogP contribution in [-0.2, 0) is 7.05 Å². The van der Waals surface area contributed by atoms with Crippen LogP contribution in [0, 0.1) is 19.3 Å². The Balaban J connectivity index is 2.14. The lowest BCUT2D eigenvalue weighted by Gasteiger charge is -2.05. The monoisotopic (exact) mass is 317 g/mol. The van der Waals surface area contributed by atoms with Gasteiger partial charge in [-0.3, -0.25) is 0 Å². The Morgan fingerprint density at radius 2 is 1.92 bits per heavy atom. The number of aryl methyl sites for hydroxylation is 2. The van der Waals surface area contributed by atoms with Crippen LogP contribution in [0.3, 0.4) is 0 Å². The van der Waals surface area contributed by atoms with E-state index < -0.39 is 0 Å². The van der Waals surface area contributed by atoms with Gasteiger partial charge in [-0.1, -0.05) is 18.2 Å². The Labute approximate surface area is 138 Å². The van der Waals surface area contributed by atoms with Crippen molar-refractivity contribution >= 4 is 27.6 Å². The van der Waals surface area contributed by atoms with Crippen molar-refractivity contribution in [3.63, 3.8) is 0 Å². The maximum absolute atomic E-state index is 13.8. The van der Waals surface area contributed by atoms with Crippen molar-refractivity contribution in [1.82, 2.24) is 0 Å².